The standard InChI is InChI=1S/2C40H50O14/c2*1-47-33-16-23(17-34(48-2)39(33)51-5)10-27(8-7-9-53-20-25-12-29(41)37(45)30(42)13-25)28(22-54-21-26-14-31(43)38(46)32(44)15-26)11-24-18-35(49-3)40(52-6)36(19-24)50-4/h2*12-19,27-28,41-46H,7-11,20-22H2,1-6H3/t2*27-,28+/m10/s1. The van der Waals surface area contributed by atoms with Crippen molar-refractivity contribution < 1.29 is 137 Å². The van der Waals surface area contributed by atoms with Crippen molar-refractivity contribution in [3.05, 3.63) is 142 Å². The van der Waals surface area contributed by atoms with Crippen molar-refractivity contribution in [2.75, 3.05) is 112 Å². The Labute approximate surface area is 627 Å². The molecule has 0 amide bonds. The fraction of sp³-hybridized carbons (Fsp3) is 0.400. The molecule has 0 aliphatic carbocycles. The third-order valence-electron chi connectivity index (χ3n) is 18.2. The second-order valence-corrected chi connectivity index (χ2v) is 25.3. The van der Waals surface area contributed by atoms with Crippen molar-refractivity contribution in [3.63, 3.8) is 0 Å². The van der Waals surface area contributed by atoms with Gasteiger partial charge in [-0.05, 0) is 217 Å². The van der Waals surface area contributed by atoms with Crippen molar-refractivity contribution in [2.24, 2.45) is 23.7 Å². The fourth-order valence-electron chi connectivity index (χ4n) is 12.9. The molecule has 0 saturated carbocycles. The Morgan fingerprint density at radius 2 is 0.407 bits per heavy atom. The maximum Gasteiger partial charge on any atom is 0.203 e. The zero-order valence-electron chi connectivity index (χ0n) is 62.8. The van der Waals surface area contributed by atoms with Crippen LogP contribution in [0.2, 0.25) is 0 Å². The SMILES string of the molecule is COc1cc(C[C@@H](CCCOCc2cc(O)c(O)c(O)c2)[C@H](COCc2cc(O)c(O)c(O)c2)Cc2cc(OC)c(OC)c(OC)c2)cc(OC)c1OC.COc1cc(C[C@H](CCCOCc2cc(O)c(O)c(O)c2)[C@@H](COCc2cc(O)c(O)c(O)c2)Cc2cc(OC)c(OC)c(OC)c2)cc(OC)c1OC. The normalized spacial score (nSPS) is 12.2. The summed E-state index contributed by atoms with van der Waals surface area (Å²) in [5.74, 6) is -0.420. The van der Waals surface area contributed by atoms with Gasteiger partial charge in [0.05, 0.1) is 125 Å². The van der Waals surface area contributed by atoms with E-state index in [-0.39, 0.29) is 63.3 Å². The molecule has 0 fully saturated rings. The van der Waals surface area contributed by atoms with E-state index in [4.69, 9.17) is 75.8 Å². The Hall–Kier alpha value is -11.2. The summed E-state index contributed by atoms with van der Waals surface area (Å²) in [5.41, 5.74) is 5.58. The van der Waals surface area contributed by atoms with Crippen molar-refractivity contribution in [1.82, 2.24) is 0 Å². The van der Waals surface area contributed by atoms with Gasteiger partial charge >= 0.3 is 0 Å². The lowest BCUT2D eigenvalue weighted by Crippen LogP contribution is -2.25. The summed E-state index contributed by atoms with van der Waals surface area (Å²) in [6.45, 7) is 1.48. The lowest BCUT2D eigenvalue weighted by molar-refractivity contribution is 0.0578. The van der Waals surface area contributed by atoms with Crippen LogP contribution < -0.4 is 56.8 Å². The summed E-state index contributed by atoms with van der Waals surface area (Å²) in [6, 6.07) is 25.9. The number of ether oxygens (including phenoxy) is 16. The molecule has 588 valence electrons. The van der Waals surface area contributed by atoms with Crippen molar-refractivity contribution >= 4 is 0 Å². The Kier molecular flexibility index (Phi) is 32.0. The Morgan fingerprint density at radius 1 is 0.222 bits per heavy atom. The first-order valence-corrected chi connectivity index (χ1v) is 34.3. The first-order chi connectivity index (χ1) is 51.9. The van der Waals surface area contributed by atoms with Gasteiger partial charge in [-0.1, -0.05) is 0 Å². The smallest absolute Gasteiger partial charge is 0.203 e. The zero-order chi connectivity index (χ0) is 78.7. The molecular formula is C80H100O28. The highest BCUT2D eigenvalue weighted by Gasteiger charge is 2.30. The molecule has 0 saturated heterocycles. The molecular weight excluding hydrogens is 1410 g/mol. The van der Waals surface area contributed by atoms with E-state index >= 15 is 0 Å². The van der Waals surface area contributed by atoms with Crippen LogP contribution in [0.25, 0.3) is 0 Å². The number of phenolic OH excluding ortho intramolecular Hbond substituents is 12. The highest BCUT2D eigenvalue weighted by Crippen LogP contribution is 2.46. The lowest BCUT2D eigenvalue weighted by atomic mass is 9.80. The Bertz CT molecular complexity index is 3760. The third kappa shape index (κ3) is 22.4. The summed E-state index contributed by atoms with van der Waals surface area (Å²) in [5, 5.41) is 119. The van der Waals surface area contributed by atoms with E-state index in [1.165, 1.54) is 62.8 Å². The van der Waals surface area contributed by atoms with Crippen LogP contribution in [0.3, 0.4) is 0 Å². The molecule has 0 aliphatic rings. The fourth-order valence-corrected chi connectivity index (χ4v) is 12.9. The number of hydrogen-bond donors (Lipinski definition) is 12. The molecule has 0 spiro atoms. The second-order valence-electron chi connectivity index (χ2n) is 25.3. The van der Waals surface area contributed by atoms with Crippen LogP contribution in [-0.2, 0) is 71.1 Å². The van der Waals surface area contributed by atoms with Crippen LogP contribution in [0.1, 0.15) is 70.2 Å². The zero-order valence-corrected chi connectivity index (χ0v) is 62.8. The molecule has 108 heavy (non-hydrogen) atoms. The molecule has 0 aliphatic heterocycles. The van der Waals surface area contributed by atoms with Crippen LogP contribution in [0, 0.1) is 23.7 Å². The minimum absolute atomic E-state index is 0.0412. The second kappa shape index (κ2) is 41.1. The molecule has 12 N–H and O–H groups in total. The van der Waals surface area contributed by atoms with Crippen LogP contribution in [0.5, 0.6) is 138 Å². The molecule has 4 atom stereocenters. The monoisotopic (exact) mass is 1510 g/mol. The first kappa shape index (κ1) is 84.1. The maximum absolute atomic E-state index is 10.1. The molecule has 0 radical (unpaired) electrons. The molecule has 8 aromatic carbocycles. The average molecular weight is 1510 g/mol. The van der Waals surface area contributed by atoms with Crippen LogP contribution in [0.15, 0.2) is 97.1 Å². The van der Waals surface area contributed by atoms with E-state index in [1.807, 2.05) is 48.5 Å². The van der Waals surface area contributed by atoms with Crippen molar-refractivity contribution in [3.8, 4) is 138 Å². The van der Waals surface area contributed by atoms with Gasteiger partial charge in [0.25, 0.3) is 0 Å². The first-order valence-electron chi connectivity index (χ1n) is 34.3. The highest BCUT2D eigenvalue weighted by molar-refractivity contribution is 5.58. The summed E-state index contributed by atoms with van der Waals surface area (Å²) >= 11 is 0. The summed E-state index contributed by atoms with van der Waals surface area (Å²) < 4.78 is 91.8. The van der Waals surface area contributed by atoms with Gasteiger partial charge in [-0.3, -0.25) is 0 Å². The number of benzene rings is 8. The minimum atomic E-state index is -0.606. The Morgan fingerprint density at radius 3 is 0.593 bits per heavy atom. The third-order valence-corrected chi connectivity index (χ3v) is 18.2. The van der Waals surface area contributed by atoms with E-state index in [0.717, 1.165) is 22.3 Å². The summed E-state index contributed by atoms with van der Waals surface area (Å²) in [4.78, 5) is 0. The number of aromatic hydroxyl groups is 12. The van der Waals surface area contributed by atoms with E-state index < -0.39 is 69.0 Å². The van der Waals surface area contributed by atoms with Gasteiger partial charge in [0, 0.05) is 13.2 Å². The topological polar surface area (TPSA) is 390 Å². The molecule has 28 nitrogen and oxygen atoms in total. The molecule has 0 unspecified atom stereocenters. The van der Waals surface area contributed by atoms with Gasteiger partial charge in [-0.15, -0.1) is 0 Å². The van der Waals surface area contributed by atoms with Gasteiger partial charge < -0.3 is 137 Å². The van der Waals surface area contributed by atoms with Gasteiger partial charge in [-0.2, -0.15) is 0 Å². The molecule has 0 aromatic heterocycles. The summed E-state index contributed by atoms with van der Waals surface area (Å²) in [7, 11) is 18.6. The van der Waals surface area contributed by atoms with Crippen LogP contribution >= 0.6 is 0 Å². The number of methoxy groups -OCH3 is 12. The Balaban J connectivity index is 0.000000301. The molecule has 0 bridgehead atoms. The number of hydrogen-bond acceptors (Lipinski definition) is 28. The predicted octanol–water partition coefficient (Wildman–Crippen LogP) is 12.4. The van der Waals surface area contributed by atoms with E-state index in [0.29, 0.717) is 156 Å². The van der Waals surface area contributed by atoms with Crippen molar-refractivity contribution in [2.45, 2.75) is 77.8 Å². The minimum Gasteiger partial charge on any atom is -0.504 e. The highest BCUT2D eigenvalue weighted by atomic mass is 16.6. The van der Waals surface area contributed by atoms with Gasteiger partial charge in [0.15, 0.2) is 115 Å². The summed E-state index contributed by atoms with van der Waals surface area (Å²) in [6.07, 6.45) is 4.75. The van der Waals surface area contributed by atoms with Gasteiger partial charge in [0.2, 0.25) is 23.0 Å². The maximum atomic E-state index is 10.1. The number of rotatable bonds is 42. The average Bonchev–Trinajstić information content (AvgIpc) is 0.818. The van der Waals surface area contributed by atoms with Crippen LogP contribution in [0.4, 0.5) is 0 Å². The lowest BCUT2D eigenvalue weighted by Gasteiger charge is -2.29. The van der Waals surface area contributed by atoms with Gasteiger partial charge in [0.1, 0.15) is 0 Å². The predicted molar refractivity (Wildman–Crippen MR) is 396 cm³/mol. The largest absolute Gasteiger partial charge is 0.504 e. The quantitative estimate of drug-likeness (QED) is 0.0125. The molecule has 8 rings (SSSR count). The van der Waals surface area contributed by atoms with E-state index in [1.54, 1.807) is 71.1 Å². The molecule has 8 aromatic rings. The molecule has 0 heterocycles. The molecule has 28 heteroatoms. The van der Waals surface area contributed by atoms with Crippen molar-refractivity contribution in [1.29, 1.82) is 0 Å². The van der Waals surface area contributed by atoms with E-state index in [2.05, 4.69) is 0 Å². The number of phenols is 12. The van der Waals surface area contributed by atoms with E-state index in [9.17, 15) is 61.3 Å². The van der Waals surface area contributed by atoms with Crippen LogP contribution in [-0.4, -0.2) is 173 Å². The van der Waals surface area contributed by atoms with Gasteiger partial charge in [-0.25, -0.2) is 0 Å².